The molecule has 0 saturated carbocycles. The molecule has 0 rings (SSSR count). The summed E-state index contributed by atoms with van der Waals surface area (Å²) >= 11 is 0. The molecule has 100 heavy (non-hydrogen) atoms. The van der Waals surface area contributed by atoms with Crippen LogP contribution in [-0.2, 0) is 65.4 Å². The van der Waals surface area contributed by atoms with E-state index in [0.717, 1.165) is 108 Å². The molecule has 0 radical (unpaired) electrons. The Morgan fingerprint density at radius 3 is 0.680 bits per heavy atom. The SMILES string of the molecule is CCCCCCCCCCCCCCCCCCCC(=O)O[C@H](COC(=O)CCCCCCC)COP(=O)(O)OC[C@H](O)COP(=O)(O)OC[C@@H](COC(=O)CCCCCCCCCCCCCCCCCCC(C)C)OC(=O)CCCCCCCCCCCCCCCCCCC(C)C. The van der Waals surface area contributed by atoms with Crippen LogP contribution in [-0.4, -0.2) is 96.7 Å². The number of hydrogen-bond donors (Lipinski definition) is 3. The number of aliphatic hydroxyl groups excluding tert-OH is 1. The summed E-state index contributed by atoms with van der Waals surface area (Å²) in [4.78, 5) is 72.7. The Bertz CT molecular complexity index is 1920. The fourth-order valence-electron chi connectivity index (χ4n) is 12.5. The average Bonchev–Trinajstić information content (AvgIpc) is 0.939. The van der Waals surface area contributed by atoms with Crippen molar-refractivity contribution in [3.8, 4) is 0 Å². The van der Waals surface area contributed by atoms with Crippen LogP contribution in [0.25, 0.3) is 0 Å². The van der Waals surface area contributed by atoms with E-state index < -0.39 is 97.5 Å². The van der Waals surface area contributed by atoms with Crippen molar-refractivity contribution in [1.29, 1.82) is 0 Å². The first kappa shape index (κ1) is 98.1. The van der Waals surface area contributed by atoms with E-state index >= 15 is 0 Å². The largest absolute Gasteiger partial charge is 0.472 e. The molecule has 0 spiro atoms. The molecular formula is C81H158O17P2. The lowest BCUT2D eigenvalue weighted by molar-refractivity contribution is -0.161. The first-order valence-corrected chi connectivity index (χ1v) is 45.0. The number of ether oxygens (including phenoxy) is 4. The number of esters is 4. The maximum absolute atomic E-state index is 13.1. The number of aliphatic hydroxyl groups is 1. The Morgan fingerprint density at radius 1 is 0.270 bits per heavy atom. The normalized spacial score (nSPS) is 13.9. The maximum Gasteiger partial charge on any atom is 0.472 e. The van der Waals surface area contributed by atoms with E-state index in [1.807, 2.05) is 0 Å². The number of unbranched alkanes of at least 4 members (excludes halogenated alkanes) is 50. The van der Waals surface area contributed by atoms with E-state index in [-0.39, 0.29) is 25.7 Å². The van der Waals surface area contributed by atoms with Crippen molar-refractivity contribution in [3.05, 3.63) is 0 Å². The molecule has 0 aromatic heterocycles. The maximum atomic E-state index is 13.1. The third kappa shape index (κ3) is 74.3. The molecule has 2 unspecified atom stereocenters. The van der Waals surface area contributed by atoms with Gasteiger partial charge in [0, 0.05) is 25.7 Å². The van der Waals surface area contributed by atoms with E-state index in [0.29, 0.717) is 25.7 Å². The third-order valence-corrected chi connectivity index (χ3v) is 20.9. The first-order chi connectivity index (χ1) is 48.4. The van der Waals surface area contributed by atoms with Crippen LogP contribution in [0.15, 0.2) is 0 Å². The number of phosphoric acid groups is 2. The summed E-state index contributed by atoms with van der Waals surface area (Å²) in [7, 11) is -9.91. The number of carbonyl (C=O) groups excluding carboxylic acids is 4. The van der Waals surface area contributed by atoms with Crippen molar-refractivity contribution in [2.75, 3.05) is 39.6 Å². The van der Waals surface area contributed by atoms with Crippen LogP contribution < -0.4 is 0 Å². The molecule has 17 nitrogen and oxygen atoms in total. The summed E-state index contributed by atoms with van der Waals surface area (Å²) in [6.07, 6.45) is 62.9. The molecule has 3 N–H and O–H groups in total. The predicted octanol–water partition coefficient (Wildman–Crippen LogP) is 24.3. The van der Waals surface area contributed by atoms with Crippen molar-refractivity contribution >= 4 is 39.5 Å². The van der Waals surface area contributed by atoms with E-state index in [1.54, 1.807) is 0 Å². The smallest absolute Gasteiger partial charge is 0.462 e. The van der Waals surface area contributed by atoms with E-state index in [2.05, 4.69) is 41.5 Å². The van der Waals surface area contributed by atoms with Gasteiger partial charge in [-0.1, -0.05) is 375 Å². The van der Waals surface area contributed by atoms with Crippen LogP contribution >= 0.6 is 15.6 Å². The minimum absolute atomic E-state index is 0.108. The van der Waals surface area contributed by atoms with Crippen LogP contribution in [0.5, 0.6) is 0 Å². The van der Waals surface area contributed by atoms with E-state index in [1.165, 1.54) is 238 Å². The van der Waals surface area contributed by atoms with Crippen molar-refractivity contribution in [3.63, 3.8) is 0 Å². The summed E-state index contributed by atoms with van der Waals surface area (Å²) in [6.45, 7) is 9.61. The molecule has 0 aliphatic heterocycles. The van der Waals surface area contributed by atoms with Crippen LogP contribution in [0.2, 0.25) is 0 Å². The van der Waals surface area contributed by atoms with Gasteiger partial charge in [-0.25, -0.2) is 9.13 Å². The van der Waals surface area contributed by atoms with Gasteiger partial charge in [-0.2, -0.15) is 0 Å². The van der Waals surface area contributed by atoms with Crippen LogP contribution in [0.1, 0.15) is 427 Å². The van der Waals surface area contributed by atoms with E-state index in [9.17, 15) is 43.2 Å². The molecule has 0 aromatic carbocycles. The molecule has 0 aromatic rings. The molecule has 0 heterocycles. The first-order valence-electron chi connectivity index (χ1n) is 42.0. The third-order valence-electron chi connectivity index (χ3n) is 19.0. The highest BCUT2D eigenvalue weighted by Gasteiger charge is 2.30. The van der Waals surface area contributed by atoms with Gasteiger partial charge in [0.2, 0.25) is 0 Å². The van der Waals surface area contributed by atoms with E-state index in [4.69, 9.17) is 37.0 Å². The van der Waals surface area contributed by atoms with Crippen molar-refractivity contribution in [2.24, 2.45) is 11.8 Å². The Labute approximate surface area is 613 Å². The molecule has 0 aliphatic carbocycles. The molecule has 19 heteroatoms. The number of carbonyl (C=O) groups is 4. The standard InChI is InChI=1S/C81H158O17P2/c1-7-9-11-13-14-15-16-17-18-19-27-32-37-42-47-53-59-65-80(85)97-76(69-91-78(83)63-57-49-12-10-8-2)71-95-99(87,88)93-67-75(82)68-94-100(89,90)96-72-77(98-81(86)66-60-54-48-43-38-33-28-23-21-25-30-35-40-45-51-56-62-74(5)6)70-92-79(84)64-58-52-46-41-36-31-26-22-20-24-29-34-39-44-50-55-61-73(3)4/h73-77,82H,7-72H2,1-6H3,(H,87,88)(H,89,90)/t75-,76+,77+/m0/s1. The highest BCUT2D eigenvalue weighted by atomic mass is 31.2. The fraction of sp³-hybridized carbons (Fsp3) is 0.951. The van der Waals surface area contributed by atoms with Gasteiger partial charge >= 0.3 is 39.5 Å². The number of rotatable bonds is 80. The minimum Gasteiger partial charge on any atom is -0.462 e. The molecule has 0 fully saturated rings. The molecule has 594 valence electrons. The zero-order valence-electron chi connectivity index (χ0n) is 65.5. The van der Waals surface area contributed by atoms with Crippen molar-refractivity contribution in [2.45, 2.75) is 445 Å². The van der Waals surface area contributed by atoms with Gasteiger partial charge in [0.1, 0.15) is 19.3 Å². The van der Waals surface area contributed by atoms with Crippen LogP contribution in [0.4, 0.5) is 0 Å². The van der Waals surface area contributed by atoms with Gasteiger partial charge in [0.25, 0.3) is 0 Å². The van der Waals surface area contributed by atoms with Gasteiger partial charge in [0.05, 0.1) is 26.4 Å². The quantitative estimate of drug-likeness (QED) is 0.0222. The van der Waals surface area contributed by atoms with Gasteiger partial charge in [-0.15, -0.1) is 0 Å². The van der Waals surface area contributed by atoms with Gasteiger partial charge < -0.3 is 33.8 Å². The summed E-state index contributed by atoms with van der Waals surface area (Å²) in [5.74, 6) is -0.498. The summed E-state index contributed by atoms with van der Waals surface area (Å²) in [5.41, 5.74) is 0. The average molecular weight is 1470 g/mol. The predicted molar refractivity (Wildman–Crippen MR) is 409 cm³/mol. The zero-order valence-corrected chi connectivity index (χ0v) is 67.3. The zero-order chi connectivity index (χ0) is 73.5. The topological polar surface area (TPSA) is 237 Å². The summed E-state index contributed by atoms with van der Waals surface area (Å²) < 4.78 is 68.5. The Morgan fingerprint density at radius 2 is 0.460 bits per heavy atom. The lowest BCUT2D eigenvalue weighted by Crippen LogP contribution is -2.30. The molecule has 0 saturated heterocycles. The minimum atomic E-state index is -4.96. The second-order valence-corrected chi connectivity index (χ2v) is 33.0. The molecular weight excluding hydrogens is 1310 g/mol. The molecule has 0 bridgehead atoms. The van der Waals surface area contributed by atoms with Gasteiger partial charge in [-0.3, -0.25) is 37.3 Å². The fourth-order valence-corrected chi connectivity index (χ4v) is 14.1. The van der Waals surface area contributed by atoms with Crippen LogP contribution in [0.3, 0.4) is 0 Å². The highest BCUT2D eigenvalue weighted by molar-refractivity contribution is 7.47. The Kier molecular flexibility index (Phi) is 71.2. The number of hydrogen-bond acceptors (Lipinski definition) is 15. The summed E-state index contributed by atoms with van der Waals surface area (Å²) in [6, 6.07) is 0. The Hall–Kier alpha value is -1.94. The lowest BCUT2D eigenvalue weighted by atomic mass is 10.0. The monoisotopic (exact) mass is 1470 g/mol. The lowest BCUT2D eigenvalue weighted by Gasteiger charge is -2.21. The van der Waals surface area contributed by atoms with Crippen molar-refractivity contribution < 1.29 is 80.2 Å². The molecule has 0 amide bonds. The van der Waals surface area contributed by atoms with Crippen molar-refractivity contribution in [1.82, 2.24) is 0 Å². The second-order valence-electron chi connectivity index (χ2n) is 30.1. The second kappa shape index (κ2) is 72.6. The number of phosphoric ester groups is 2. The summed E-state index contributed by atoms with van der Waals surface area (Å²) in [5, 5.41) is 10.6. The van der Waals surface area contributed by atoms with Gasteiger partial charge in [-0.05, 0) is 37.5 Å². The van der Waals surface area contributed by atoms with Gasteiger partial charge in [0.15, 0.2) is 12.2 Å². The van der Waals surface area contributed by atoms with Crippen LogP contribution in [0, 0.1) is 11.8 Å². The Balaban J connectivity index is 5.12. The highest BCUT2D eigenvalue weighted by Crippen LogP contribution is 2.45. The molecule has 0 aliphatic rings. The molecule has 5 atom stereocenters.